The van der Waals surface area contributed by atoms with Gasteiger partial charge in [0, 0.05) is 11.1 Å². The summed E-state index contributed by atoms with van der Waals surface area (Å²) in [6, 6.07) is 8.90. The topological polar surface area (TPSA) is 67.9 Å². The van der Waals surface area contributed by atoms with Gasteiger partial charge >= 0.3 is 0 Å². The second kappa shape index (κ2) is 7.25. The third-order valence-electron chi connectivity index (χ3n) is 4.11. The quantitative estimate of drug-likeness (QED) is 0.891. The number of nitrogens with one attached hydrogen (secondary N) is 1. The van der Waals surface area contributed by atoms with Crippen molar-refractivity contribution in [1.29, 1.82) is 0 Å². The Kier molecular flexibility index (Phi) is 5.04. The summed E-state index contributed by atoms with van der Waals surface area (Å²) in [5.74, 6) is 0.437. The van der Waals surface area contributed by atoms with E-state index in [-0.39, 0.29) is 25.0 Å². The molecule has 136 valence electrons. The predicted molar refractivity (Wildman–Crippen MR) is 100 cm³/mol. The van der Waals surface area contributed by atoms with Gasteiger partial charge in [-0.15, -0.1) is 0 Å². The Morgan fingerprint density at radius 3 is 2.81 bits per heavy atom. The molecule has 0 fully saturated rings. The van der Waals surface area contributed by atoms with Gasteiger partial charge in [0.25, 0.3) is 5.91 Å². The number of aryl methyl sites for hydroxylation is 2. The zero-order chi connectivity index (χ0) is 18.8. The lowest BCUT2D eigenvalue weighted by Gasteiger charge is -2.29. The minimum atomic E-state index is -0.340. The molecule has 0 saturated heterocycles. The van der Waals surface area contributed by atoms with Crippen LogP contribution in [0.4, 0.5) is 11.4 Å². The van der Waals surface area contributed by atoms with E-state index in [1.165, 1.54) is 12.0 Å². The first-order valence-corrected chi connectivity index (χ1v) is 8.44. The molecule has 1 aliphatic rings. The fraction of sp³-hybridized carbons (Fsp3) is 0.263. The maximum atomic E-state index is 12.6. The summed E-state index contributed by atoms with van der Waals surface area (Å²) in [4.78, 5) is 26.2. The number of halogens is 1. The van der Waals surface area contributed by atoms with Gasteiger partial charge in [-0.25, -0.2) is 0 Å². The van der Waals surface area contributed by atoms with Crippen LogP contribution in [-0.2, 0) is 9.59 Å². The normalized spacial score (nSPS) is 13.1. The summed E-state index contributed by atoms with van der Waals surface area (Å²) in [5.41, 5.74) is 2.88. The number of hydrogen-bond donors (Lipinski definition) is 1. The second-order valence-electron chi connectivity index (χ2n) is 6.09. The molecule has 7 heteroatoms. The maximum absolute atomic E-state index is 12.6. The van der Waals surface area contributed by atoms with Gasteiger partial charge in [0.05, 0.1) is 18.5 Å². The van der Waals surface area contributed by atoms with Gasteiger partial charge in [0.1, 0.15) is 18.0 Å². The molecule has 6 nitrogen and oxygen atoms in total. The highest BCUT2D eigenvalue weighted by atomic mass is 35.5. The van der Waals surface area contributed by atoms with Crippen LogP contribution in [0.25, 0.3) is 0 Å². The van der Waals surface area contributed by atoms with E-state index in [1.54, 1.807) is 18.2 Å². The van der Waals surface area contributed by atoms with Crippen molar-refractivity contribution in [3.8, 4) is 11.5 Å². The minimum absolute atomic E-state index is 0.0906. The number of carbonyl (C=O) groups excluding carboxylic acids is 2. The minimum Gasteiger partial charge on any atom is -0.495 e. The Morgan fingerprint density at radius 2 is 2.08 bits per heavy atom. The van der Waals surface area contributed by atoms with Crippen molar-refractivity contribution in [2.24, 2.45) is 0 Å². The van der Waals surface area contributed by atoms with Gasteiger partial charge < -0.3 is 14.8 Å². The van der Waals surface area contributed by atoms with Crippen LogP contribution in [0.15, 0.2) is 30.3 Å². The number of ether oxygens (including phenoxy) is 2. The van der Waals surface area contributed by atoms with Crippen LogP contribution in [0.5, 0.6) is 11.5 Å². The molecular formula is C19H19ClN2O4. The molecule has 2 aromatic carbocycles. The Labute approximate surface area is 156 Å². The molecule has 0 aliphatic carbocycles. The molecule has 1 N–H and O–H groups in total. The van der Waals surface area contributed by atoms with Gasteiger partial charge in [0.15, 0.2) is 6.61 Å². The van der Waals surface area contributed by atoms with Crippen molar-refractivity contribution >= 4 is 34.8 Å². The van der Waals surface area contributed by atoms with Crippen molar-refractivity contribution in [2.45, 2.75) is 13.8 Å². The van der Waals surface area contributed by atoms with Crippen LogP contribution in [0, 0.1) is 13.8 Å². The molecule has 1 heterocycles. The van der Waals surface area contributed by atoms with Crippen molar-refractivity contribution in [1.82, 2.24) is 0 Å². The number of carbonyl (C=O) groups is 2. The van der Waals surface area contributed by atoms with E-state index in [0.29, 0.717) is 27.9 Å². The largest absolute Gasteiger partial charge is 0.495 e. The van der Waals surface area contributed by atoms with Crippen LogP contribution in [0.1, 0.15) is 11.1 Å². The summed E-state index contributed by atoms with van der Waals surface area (Å²) in [5, 5.41) is 3.33. The lowest BCUT2D eigenvalue weighted by atomic mass is 10.1. The molecule has 2 amide bonds. The number of benzene rings is 2. The Bertz CT molecular complexity index is 882. The summed E-state index contributed by atoms with van der Waals surface area (Å²) in [6.45, 7) is 3.54. The van der Waals surface area contributed by atoms with E-state index in [0.717, 1.165) is 11.1 Å². The first-order valence-electron chi connectivity index (χ1n) is 8.07. The van der Waals surface area contributed by atoms with Gasteiger partial charge in [0.2, 0.25) is 5.91 Å². The molecule has 0 spiro atoms. The molecule has 0 radical (unpaired) electrons. The summed E-state index contributed by atoms with van der Waals surface area (Å²) >= 11 is 6.09. The first-order chi connectivity index (χ1) is 12.4. The zero-order valence-electron chi connectivity index (χ0n) is 14.8. The number of rotatable bonds is 4. The third-order valence-corrected chi connectivity index (χ3v) is 4.52. The first kappa shape index (κ1) is 18.1. The summed E-state index contributed by atoms with van der Waals surface area (Å²) in [7, 11) is 1.50. The van der Waals surface area contributed by atoms with Crippen LogP contribution >= 0.6 is 11.6 Å². The molecule has 0 aromatic heterocycles. The highest BCUT2D eigenvalue weighted by molar-refractivity contribution is 6.31. The number of fused-ring (bicyclic) bond motifs is 1. The summed E-state index contributed by atoms with van der Waals surface area (Å²) < 4.78 is 10.7. The van der Waals surface area contributed by atoms with Gasteiger partial charge in [-0.1, -0.05) is 17.7 Å². The standard InChI is InChI=1S/C19H19ClN2O4/c1-11-4-5-16-15(6-11)22(19(24)10-26-16)9-18(23)21-14-7-12(2)13(20)8-17(14)25-3/h4-8H,9-10H2,1-3H3,(H,21,23). The fourth-order valence-corrected chi connectivity index (χ4v) is 2.90. The van der Waals surface area contributed by atoms with Crippen molar-refractivity contribution in [3.63, 3.8) is 0 Å². The van der Waals surface area contributed by atoms with E-state index < -0.39 is 0 Å². The van der Waals surface area contributed by atoms with Crippen molar-refractivity contribution in [3.05, 3.63) is 46.5 Å². The molecule has 0 saturated carbocycles. The van der Waals surface area contributed by atoms with Crippen molar-refractivity contribution < 1.29 is 19.1 Å². The average molecular weight is 375 g/mol. The van der Waals surface area contributed by atoms with Gasteiger partial charge in [-0.05, 0) is 43.2 Å². The maximum Gasteiger partial charge on any atom is 0.265 e. The number of anilines is 2. The lowest BCUT2D eigenvalue weighted by Crippen LogP contribution is -2.43. The van der Waals surface area contributed by atoms with E-state index in [1.807, 2.05) is 26.0 Å². The van der Waals surface area contributed by atoms with Crippen LogP contribution in [0.3, 0.4) is 0 Å². The zero-order valence-corrected chi connectivity index (χ0v) is 15.5. The van der Waals surface area contributed by atoms with Crippen LogP contribution < -0.4 is 19.7 Å². The monoisotopic (exact) mass is 374 g/mol. The molecule has 3 rings (SSSR count). The van der Waals surface area contributed by atoms with Crippen LogP contribution in [-0.4, -0.2) is 32.1 Å². The lowest BCUT2D eigenvalue weighted by molar-refractivity contribution is -0.123. The van der Waals surface area contributed by atoms with Crippen LogP contribution in [0.2, 0.25) is 5.02 Å². The molecule has 0 atom stereocenters. The van der Waals surface area contributed by atoms with Gasteiger partial charge in [-0.3, -0.25) is 14.5 Å². The van der Waals surface area contributed by atoms with E-state index in [2.05, 4.69) is 5.32 Å². The molecular weight excluding hydrogens is 356 g/mol. The Balaban J connectivity index is 1.82. The van der Waals surface area contributed by atoms with E-state index >= 15 is 0 Å². The smallest absolute Gasteiger partial charge is 0.265 e. The van der Waals surface area contributed by atoms with Crippen molar-refractivity contribution in [2.75, 3.05) is 30.5 Å². The highest BCUT2D eigenvalue weighted by Gasteiger charge is 2.27. The Hall–Kier alpha value is -2.73. The fourth-order valence-electron chi connectivity index (χ4n) is 2.75. The highest BCUT2D eigenvalue weighted by Crippen LogP contribution is 2.33. The number of hydrogen-bond acceptors (Lipinski definition) is 4. The molecule has 26 heavy (non-hydrogen) atoms. The van der Waals surface area contributed by atoms with Gasteiger partial charge in [-0.2, -0.15) is 0 Å². The number of amides is 2. The molecule has 0 unspecified atom stereocenters. The summed E-state index contributed by atoms with van der Waals surface area (Å²) in [6.07, 6.45) is 0. The Morgan fingerprint density at radius 1 is 1.31 bits per heavy atom. The number of nitrogens with zero attached hydrogens (tertiary/aromatic N) is 1. The van der Waals surface area contributed by atoms with E-state index in [4.69, 9.17) is 21.1 Å². The third kappa shape index (κ3) is 3.60. The molecule has 1 aliphatic heterocycles. The predicted octanol–water partition coefficient (Wildman–Crippen LogP) is 3.33. The van der Waals surface area contributed by atoms with E-state index in [9.17, 15) is 9.59 Å². The molecule has 2 aromatic rings. The number of methoxy groups -OCH3 is 1. The molecule has 0 bridgehead atoms. The second-order valence-corrected chi connectivity index (χ2v) is 6.50. The average Bonchev–Trinajstić information content (AvgIpc) is 2.60. The SMILES string of the molecule is COc1cc(Cl)c(C)cc1NC(=O)CN1C(=O)COc2ccc(C)cc21.